The van der Waals surface area contributed by atoms with Gasteiger partial charge in [-0.1, -0.05) is 13.3 Å². The maximum Gasteiger partial charge on any atom is 0.132 e. The molecule has 6 heteroatoms. The average molecular weight is 355 g/mol. The Labute approximate surface area is 155 Å². The molecule has 2 heterocycles. The van der Waals surface area contributed by atoms with Crippen LogP contribution in [0.15, 0.2) is 35.9 Å². The largest absolute Gasteiger partial charge is 0.491 e. The first-order valence-electron chi connectivity index (χ1n) is 9.48. The molecule has 1 unspecified atom stereocenters. The van der Waals surface area contributed by atoms with Crippen LogP contribution in [0, 0.1) is 11.3 Å². The van der Waals surface area contributed by atoms with Gasteiger partial charge < -0.3 is 15.4 Å². The lowest BCUT2D eigenvalue weighted by Gasteiger charge is -2.23. The summed E-state index contributed by atoms with van der Waals surface area (Å²) in [4.78, 5) is 11.0. The first-order valence-corrected chi connectivity index (χ1v) is 9.48. The molecule has 1 aliphatic carbocycles. The lowest BCUT2D eigenvalue weighted by atomic mass is 9.93. The summed E-state index contributed by atoms with van der Waals surface area (Å²) in [6.45, 7) is 8.25. The molecule has 1 fully saturated rings. The van der Waals surface area contributed by atoms with Crippen molar-refractivity contribution in [1.82, 2.24) is 9.97 Å². The SMILES string of the molecule is CC[C@@H]1CCN(c2cc(C(=N)C3=CC(OC(C)C)=CCC3N)ncn2)C1. The number of rotatable bonds is 6. The van der Waals surface area contributed by atoms with Crippen molar-refractivity contribution in [3.05, 3.63) is 41.6 Å². The molecule has 1 saturated heterocycles. The van der Waals surface area contributed by atoms with Gasteiger partial charge >= 0.3 is 0 Å². The van der Waals surface area contributed by atoms with Crippen LogP contribution in [-0.2, 0) is 4.74 Å². The molecule has 0 radical (unpaired) electrons. The monoisotopic (exact) mass is 355 g/mol. The highest BCUT2D eigenvalue weighted by Gasteiger charge is 2.24. The van der Waals surface area contributed by atoms with Crippen molar-refractivity contribution in [2.45, 2.75) is 52.2 Å². The van der Waals surface area contributed by atoms with Crippen LogP contribution in [0.2, 0.25) is 0 Å². The molecule has 2 atom stereocenters. The minimum Gasteiger partial charge on any atom is -0.491 e. The summed E-state index contributed by atoms with van der Waals surface area (Å²) in [7, 11) is 0. The lowest BCUT2D eigenvalue weighted by molar-refractivity contribution is 0.155. The van der Waals surface area contributed by atoms with Crippen molar-refractivity contribution in [1.29, 1.82) is 5.41 Å². The van der Waals surface area contributed by atoms with Gasteiger partial charge in [-0.2, -0.15) is 0 Å². The third kappa shape index (κ3) is 4.12. The molecule has 2 aliphatic rings. The van der Waals surface area contributed by atoms with Crippen molar-refractivity contribution in [3.8, 4) is 0 Å². The van der Waals surface area contributed by atoms with Crippen LogP contribution in [0.25, 0.3) is 0 Å². The van der Waals surface area contributed by atoms with Crippen molar-refractivity contribution < 1.29 is 4.74 Å². The van der Waals surface area contributed by atoms with E-state index < -0.39 is 0 Å². The number of anilines is 1. The van der Waals surface area contributed by atoms with Gasteiger partial charge in [0.1, 0.15) is 17.9 Å². The van der Waals surface area contributed by atoms with Crippen LogP contribution in [-0.4, -0.2) is 40.9 Å². The molecule has 140 valence electrons. The van der Waals surface area contributed by atoms with Crippen LogP contribution < -0.4 is 10.6 Å². The lowest BCUT2D eigenvalue weighted by Crippen LogP contribution is -2.30. The Morgan fingerprint density at radius 2 is 2.23 bits per heavy atom. The fraction of sp³-hybridized carbons (Fsp3) is 0.550. The molecular weight excluding hydrogens is 326 g/mol. The summed E-state index contributed by atoms with van der Waals surface area (Å²) >= 11 is 0. The van der Waals surface area contributed by atoms with Crippen LogP contribution >= 0.6 is 0 Å². The van der Waals surface area contributed by atoms with Crippen molar-refractivity contribution in [2.24, 2.45) is 11.7 Å². The van der Waals surface area contributed by atoms with Gasteiger partial charge in [0, 0.05) is 25.2 Å². The molecule has 0 bridgehead atoms. The third-order valence-corrected chi connectivity index (χ3v) is 5.03. The Hall–Kier alpha value is -2.21. The highest BCUT2D eigenvalue weighted by Crippen LogP contribution is 2.26. The van der Waals surface area contributed by atoms with Crippen LogP contribution in [0.4, 0.5) is 5.82 Å². The number of aromatic nitrogens is 2. The zero-order chi connectivity index (χ0) is 18.7. The minimum absolute atomic E-state index is 0.0922. The van der Waals surface area contributed by atoms with Gasteiger partial charge in [-0.25, -0.2) is 9.97 Å². The molecule has 0 saturated carbocycles. The van der Waals surface area contributed by atoms with Crippen LogP contribution in [0.3, 0.4) is 0 Å². The molecule has 3 N–H and O–H groups in total. The Bertz CT molecular complexity index is 725. The van der Waals surface area contributed by atoms with E-state index in [1.807, 2.05) is 32.1 Å². The number of ether oxygens (including phenoxy) is 1. The summed E-state index contributed by atoms with van der Waals surface area (Å²) in [6, 6.07) is 1.70. The fourth-order valence-corrected chi connectivity index (χ4v) is 3.48. The Balaban J connectivity index is 1.80. The number of hydrogen-bond acceptors (Lipinski definition) is 6. The van der Waals surface area contributed by atoms with Crippen molar-refractivity contribution >= 4 is 11.5 Å². The second kappa shape index (κ2) is 7.99. The highest BCUT2D eigenvalue weighted by atomic mass is 16.5. The molecule has 26 heavy (non-hydrogen) atoms. The highest BCUT2D eigenvalue weighted by molar-refractivity contribution is 6.10. The number of nitrogens with zero attached hydrogens (tertiary/aromatic N) is 3. The second-order valence-corrected chi connectivity index (χ2v) is 7.36. The normalized spacial score (nSPS) is 23.0. The third-order valence-electron chi connectivity index (χ3n) is 5.03. The number of allylic oxidation sites excluding steroid dienone is 1. The van der Waals surface area contributed by atoms with Crippen molar-refractivity contribution in [2.75, 3.05) is 18.0 Å². The molecule has 3 rings (SSSR count). The minimum atomic E-state index is -0.211. The van der Waals surface area contributed by atoms with E-state index in [9.17, 15) is 0 Å². The summed E-state index contributed by atoms with van der Waals surface area (Å²) < 4.78 is 5.78. The van der Waals surface area contributed by atoms with E-state index in [1.54, 1.807) is 6.33 Å². The first kappa shape index (κ1) is 18.6. The Morgan fingerprint density at radius 3 is 2.92 bits per heavy atom. The van der Waals surface area contributed by atoms with E-state index >= 15 is 0 Å². The van der Waals surface area contributed by atoms with E-state index in [1.165, 1.54) is 12.8 Å². The number of nitrogens with two attached hydrogens (primary N) is 1. The van der Waals surface area contributed by atoms with Gasteiger partial charge in [0.05, 0.1) is 17.5 Å². The van der Waals surface area contributed by atoms with Gasteiger partial charge in [0.25, 0.3) is 0 Å². The molecule has 6 nitrogen and oxygen atoms in total. The average Bonchev–Trinajstić information content (AvgIpc) is 3.12. The number of nitrogens with one attached hydrogen (secondary N) is 1. The summed E-state index contributed by atoms with van der Waals surface area (Å²) in [5.41, 5.74) is 7.97. The quantitative estimate of drug-likeness (QED) is 0.766. The summed E-state index contributed by atoms with van der Waals surface area (Å²) in [5, 5.41) is 8.63. The standard InChI is InChI=1S/C20H29N5O/c1-4-14-7-8-25(11-14)19-10-18(23-12-24-19)20(22)16-9-15(26-13(2)3)5-6-17(16)21/h5,9-10,12-14,17,22H,4,6-8,11,21H2,1-3H3/t14-,17?/m1/s1. The summed E-state index contributed by atoms with van der Waals surface area (Å²) in [6.07, 6.45) is 8.56. The van der Waals surface area contributed by atoms with Gasteiger partial charge in [-0.3, -0.25) is 5.41 Å². The first-order chi connectivity index (χ1) is 12.5. The van der Waals surface area contributed by atoms with E-state index in [2.05, 4.69) is 21.8 Å². The smallest absolute Gasteiger partial charge is 0.132 e. The van der Waals surface area contributed by atoms with Gasteiger partial charge in [-0.15, -0.1) is 0 Å². The molecule has 1 aliphatic heterocycles. The molecular formula is C20H29N5O. The second-order valence-electron chi connectivity index (χ2n) is 7.36. The van der Waals surface area contributed by atoms with Gasteiger partial charge in [0.15, 0.2) is 0 Å². The maximum absolute atomic E-state index is 8.63. The number of hydrogen-bond donors (Lipinski definition) is 2. The van der Waals surface area contributed by atoms with Gasteiger partial charge in [0.2, 0.25) is 0 Å². The van der Waals surface area contributed by atoms with Crippen LogP contribution in [0.1, 0.15) is 45.7 Å². The van der Waals surface area contributed by atoms with E-state index in [0.29, 0.717) is 17.8 Å². The molecule has 0 spiro atoms. The predicted octanol–water partition coefficient (Wildman–Crippen LogP) is 3.05. The van der Waals surface area contributed by atoms with Crippen molar-refractivity contribution in [3.63, 3.8) is 0 Å². The summed E-state index contributed by atoms with van der Waals surface area (Å²) in [5.74, 6) is 2.40. The van der Waals surface area contributed by atoms with Crippen LogP contribution in [0.5, 0.6) is 0 Å². The zero-order valence-electron chi connectivity index (χ0n) is 15.9. The Kier molecular flexibility index (Phi) is 5.71. The molecule has 1 aromatic heterocycles. The van der Waals surface area contributed by atoms with Gasteiger partial charge in [-0.05, 0) is 50.3 Å². The molecule has 0 aromatic carbocycles. The zero-order valence-corrected chi connectivity index (χ0v) is 15.9. The maximum atomic E-state index is 8.63. The van der Waals surface area contributed by atoms with E-state index in [4.69, 9.17) is 15.9 Å². The Morgan fingerprint density at radius 1 is 1.42 bits per heavy atom. The van der Waals surface area contributed by atoms with E-state index in [0.717, 1.165) is 36.2 Å². The molecule has 1 aromatic rings. The predicted molar refractivity (Wildman–Crippen MR) is 104 cm³/mol. The molecule has 0 amide bonds. The topological polar surface area (TPSA) is 88.1 Å². The van der Waals surface area contributed by atoms with E-state index in [-0.39, 0.29) is 12.1 Å². The fourth-order valence-electron chi connectivity index (χ4n) is 3.48.